The van der Waals surface area contributed by atoms with Gasteiger partial charge in [-0.3, -0.25) is 0 Å². The molecule has 0 spiro atoms. The van der Waals surface area contributed by atoms with Crippen molar-refractivity contribution in [1.29, 1.82) is 0 Å². The second kappa shape index (κ2) is 6.75. The van der Waals surface area contributed by atoms with E-state index in [9.17, 15) is 0 Å². The zero-order chi connectivity index (χ0) is 8.69. The fraction of sp³-hybridized carbons (Fsp3) is 1.00. The van der Waals surface area contributed by atoms with Crippen LogP contribution in [0.3, 0.4) is 0 Å². The smallest absolute Gasteiger partial charge is 0.320 e. The number of hydrogen-bond acceptors (Lipinski definition) is 4. The van der Waals surface area contributed by atoms with E-state index in [1.54, 1.807) is 14.2 Å². The molecule has 0 bridgehead atoms. The van der Waals surface area contributed by atoms with Gasteiger partial charge in [-0.05, 0) is 18.9 Å². The van der Waals surface area contributed by atoms with Gasteiger partial charge in [0.1, 0.15) is 0 Å². The summed E-state index contributed by atoms with van der Waals surface area (Å²) in [5.74, 6) is 0. The molecule has 0 amide bonds. The standard InChI is InChI=1S/C6H18N2O2Si/c1-9-11(10-2)5-3-4-6(7)8/h6,11H,3-5,7-8H2,1-2H3. The van der Waals surface area contributed by atoms with Gasteiger partial charge in [0.15, 0.2) is 0 Å². The zero-order valence-corrected chi connectivity index (χ0v) is 8.40. The molecule has 0 saturated carbocycles. The van der Waals surface area contributed by atoms with Crippen LogP contribution in [0, 0.1) is 0 Å². The van der Waals surface area contributed by atoms with Gasteiger partial charge in [-0.15, -0.1) is 0 Å². The van der Waals surface area contributed by atoms with Gasteiger partial charge >= 0.3 is 9.28 Å². The average molecular weight is 178 g/mol. The summed E-state index contributed by atoms with van der Waals surface area (Å²) in [6, 6.07) is 0.984. The molecule has 0 atom stereocenters. The van der Waals surface area contributed by atoms with Gasteiger partial charge in [0.25, 0.3) is 0 Å². The molecule has 0 aliphatic carbocycles. The van der Waals surface area contributed by atoms with E-state index >= 15 is 0 Å². The molecule has 0 radical (unpaired) electrons. The van der Waals surface area contributed by atoms with E-state index in [1.165, 1.54) is 0 Å². The second-order valence-electron chi connectivity index (χ2n) is 2.50. The van der Waals surface area contributed by atoms with Crippen molar-refractivity contribution < 1.29 is 8.85 Å². The molecular formula is C6H18N2O2Si. The Hall–Kier alpha value is 0.0569. The van der Waals surface area contributed by atoms with E-state index in [0.717, 1.165) is 18.9 Å². The Morgan fingerprint density at radius 3 is 2.18 bits per heavy atom. The third kappa shape index (κ3) is 6.45. The third-order valence-electron chi connectivity index (χ3n) is 1.50. The topological polar surface area (TPSA) is 70.5 Å². The van der Waals surface area contributed by atoms with Crippen molar-refractivity contribution in [3.05, 3.63) is 0 Å². The van der Waals surface area contributed by atoms with Gasteiger partial charge in [-0.1, -0.05) is 0 Å². The Labute approximate surface area is 69.7 Å². The van der Waals surface area contributed by atoms with Crippen LogP contribution in [0.2, 0.25) is 6.04 Å². The minimum Gasteiger partial charge on any atom is -0.400 e. The van der Waals surface area contributed by atoms with Crippen LogP contribution in [0.25, 0.3) is 0 Å². The monoisotopic (exact) mass is 178 g/mol. The van der Waals surface area contributed by atoms with E-state index in [0.29, 0.717) is 0 Å². The number of rotatable bonds is 6. The summed E-state index contributed by atoms with van der Waals surface area (Å²) in [6.45, 7) is 0. The highest BCUT2D eigenvalue weighted by Gasteiger charge is 2.08. The molecule has 0 aromatic carbocycles. The largest absolute Gasteiger partial charge is 0.400 e. The van der Waals surface area contributed by atoms with Crippen LogP contribution in [-0.2, 0) is 8.85 Å². The van der Waals surface area contributed by atoms with E-state index in [4.69, 9.17) is 20.3 Å². The predicted molar refractivity (Wildman–Crippen MR) is 47.4 cm³/mol. The third-order valence-corrected chi connectivity index (χ3v) is 3.43. The van der Waals surface area contributed by atoms with Crippen LogP contribution in [0.15, 0.2) is 0 Å². The number of nitrogens with two attached hydrogens (primary N) is 2. The van der Waals surface area contributed by atoms with Gasteiger partial charge in [0.2, 0.25) is 0 Å². The lowest BCUT2D eigenvalue weighted by molar-refractivity contribution is 0.276. The lowest BCUT2D eigenvalue weighted by atomic mass is 10.3. The van der Waals surface area contributed by atoms with Crippen molar-refractivity contribution >= 4 is 9.28 Å². The maximum Gasteiger partial charge on any atom is 0.320 e. The first kappa shape index (κ1) is 11.1. The van der Waals surface area contributed by atoms with Crippen LogP contribution < -0.4 is 11.5 Å². The Kier molecular flexibility index (Phi) is 6.78. The zero-order valence-electron chi connectivity index (χ0n) is 7.25. The molecule has 0 aromatic rings. The fourth-order valence-electron chi connectivity index (χ4n) is 0.852. The van der Waals surface area contributed by atoms with Crippen molar-refractivity contribution in [2.75, 3.05) is 14.2 Å². The first-order valence-electron chi connectivity index (χ1n) is 3.77. The second-order valence-corrected chi connectivity index (χ2v) is 4.87. The SMILES string of the molecule is CO[SiH](CCCC(N)N)OC. The Morgan fingerprint density at radius 1 is 1.27 bits per heavy atom. The molecule has 0 aliphatic rings. The Morgan fingerprint density at radius 2 is 1.82 bits per heavy atom. The van der Waals surface area contributed by atoms with Gasteiger partial charge in [0, 0.05) is 14.2 Å². The minimum absolute atomic E-state index is 0.196. The van der Waals surface area contributed by atoms with E-state index in [1.807, 2.05) is 0 Å². The molecule has 4 N–H and O–H groups in total. The predicted octanol–water partition coefficient (Wildman–Crippen LogP) is -0.477. The normalized spacial score (nSPS) is 11.5. The summed E-state index contributed by atoms with van der Waals surface area (Å²) in [7, 11) is 2.00. The summed E-state index contributed by atoms with van der Waals surface area (Å²) >= 11 is 0. The molecule has 0 unspecified atom stereocenters. The fourth-order valence-corrected chi connectivity index (χ4v) is 2.09. The quantitative estimate of drug-likeness (QED) is 0.426. The van der Waals surface area contributed by atoms with Crippen molar-refractivity contribution in [3.8, 4) is 0 Å². The lowest BCUT2D eigenvalue weighted by Gasteiger charge is -2.10. The van der Waals surface area contributed by atoms with Crippen molar-refractivity contribution in [2.45, 2.75) is 25.1 Å². The molecule has 0 rings (SSSR count). The molecule has 0 fully saturated rings. The summed E-state index contributed by atoms with van der Waals surface area (Å²) in [5, 5.41) is 0. The summed E-state index contributed by atoms with van der Waals surface area (Å²) in [4.78, 5) is 0. The Bertz CT molecular complexity index is 88.7. The average Bonchev–Trinajstić information content (AvgIpc) is 1.98. The van der Waals surface area contributed by atoms with Crippen molar-refractivity contribution in [3.63, 3.8) is 0 Å². The van der Waals surface area contributed by atoms with Crippen molar-refractivity contribution in [2.24, 2.45) is 11.5 Å². The summed E-state index contributed by atoms with van der Waals surface area (Å²) in [5.41, 5.74) is 10.7. The molecule has 11 heavy (non-hydrogen) atoms. The molecule has 0 aromatic heterocycles. The minimum atomic E-state index is -1.36. The molecule has 4 nitrogen and oxygen atoms in total. The van der Waals surface area contributed by atoms with Gasteiger partial charge in [0.05, 0.1) is 6.17 Å². The molecule has 5 heteroatoms. The molecular weight excluding hydrogens is 160 g/mol. The van der Waals surface area contributed by atoms with E-state index in [-0.39, 0.29) is 6.17 Å². The molecule has 0 saturated heterocycles. The summed E-state index contributed by atoms with van der Waals surface area (Å²) < 4.78 is 10.2. The summed E-state index contributed by atoms with van der Waals surface area (Å²) in [6.07, 6.45) is 1.64. The lowest BCUT2D eigenvalue weighted by Crippen LogP contribution is -2.30. The number of hydrogen-bond donors (Lipinski definition) is 2. The maximum atomic E-state index is 5.37. The van der Waals surface area contributed by atoms with Gasteiger partial charge in [-0.25, -0.2) is 0 Å². The molecule has 68 valence electrons. The van der Waals surface area contributed by atoms with Crippen LogP contribution >= 0.6 is 0 Å². The van der Waals surface area contributed by atoms with E-state index in [2.05, 4.69) is 0 Å². The van der Waals surface area contributed by atoms with Crippen LogP contribution in [0.4, 0.5) is 0 Å². The van der Waals surface area contributed by atoms with Crippen LogP contribution in [0.1, 0.15) is 12.8 Å². The Balaban J connectivity index is 3.21. The first-order valence-corrected chi connectivity index (χ1v) is 5.53. The highest BCUT2D eigenvalue weighted by molar-refractivity contribution is 6.44. The molecule has 0 heterocycles. The van der Waals surface area contributed by atoms with Crippen LogP contribution in [0.5, 0.6) is 0 Å². The highest BCUT2D eigenvalue weighted by atomic mass is 28.3. The molecule has 0 aliphatic heterocycles. The van der Waals surface area contributed by atoms with Gasteiger partial charge < -0.3 is 20.3 Å². The van der Waals surface area contributed by atoms with Crippen molar-refractivity contribution in [1.82, 2.24) is 0 Å². The maximum absolute atomic E-state index is 5.37. The van der Waals surface area contributed by atoms with E-state index < -0.39 is 9.28 Å². The highest BCUT2D eigenvalue weighted by Crippen LogP contribution is 2.02. The first-order chi connectivity index (χ1) is 5.20. The van der Waals surface area contributed by atoms with Crippen LogP contribution in [-0.4, -0.2) is 29.7 Å². The van der Waals surface area contributed by atoms with Gasteiger partial charge in [-0.2, -0.15) is 0 Å².